The van der Waals surface area contributed by atoms with Gasteiger partial charge >= 0.3 is 12.1 Å². The number of rotatable bonds is 8. The Hall–Kier alpha value is -2.65. The third-order valence-corrected chi connectivity index (χ3v) is 8.25. The van der Waals surface area contributed by atoms with Gasteiger partial charge in [0.2, 0.25) is 11.8 Å². The Balaban J connectivity index is 1.84. The SMILES string of the molecule is CCC(NC(=O)[C@@H]1[C@@H]2[C@H](CN1C(=O)C(NC(=O)OC(C)(C)C)C1CCCCC1)C2(C)C)C(=O)C(=O)OC. The van der Waals surface area contributed by atoms with Crippen molar-refractivity contribution in [3.05, 3.63) is 0 Å². The molecule has 208 valence electrons. The van der Waals surface area contributed by atoms with E-state index in [0.29, 0.717) is 6.54 Å². The number of hydrogen-bond acceptors (Lipinski definition) is 7. The highest BCUT2D eigenvalue weighted by Crippen LogP contribution is 2.65. The fourth-order valence-electron chi connectivity index (χ4n) is 6.13. The Labute approximate surface area is 219 Å². The molecule has 3 amide bonds. The number of carbonyl (C=O) groups excluding carboxylic acids is 5. The number of ether oxygens (including phenoxy) is 2. The van der Waals surface area contributed by atoms with Crippen LogP contribution in [-0.2, 0) is 28.7 Å². The molecular weight excluding hydrogens is 478 g/mol. The number of piperidine rings is 1. The minimum atomic E-state index is -1.04. The maximum Gasteiger partial charge on any atom is 0.408 e. The van der Waals surface area contributed by atoms with Crippen LogP contribution in [0.1, 0.15) is 80.1 Å². The van der Waals surface area contributed by atoms with Crippen LogP contribution in [0, 0.1) is 23.2 Å². The third-order valence-electron chi connectivity index (χ3n) is 8.25. The van der Waals surface area contributed by atoms with Crippen molar-refractivity contribution in [2.24, 2.45) is 23.2 Å². The molecule has 10 heteroatoms. The number of carbonyl (C=O) groups is 5. The predicted molar refractivity (Wildman–Crippen MR) is 135 cm³/mol. The van der Waals surface area contributed by atoms with Crippen LogP contribution in [0.2, 0.25) is 0 Å². The first-order valence-electron chi connectivity index (χ1n) is 13.5. The third kappa shape index (κ3) is 6.26. The molecule has 1 saturated heterocycles. The molecule has 2 N–H and O–H groups in total. The molecule has 10 nitrogen and oxygen atoms in total. The molecule has 1 aliphatic heterocycles. The summed E-state index contributed by atoms with van der Waals surface area (Å²) in [7, 11) is 1.12. The number of nitrogens with one attached hydrogen (secondary N) is 2. The van der Waals surface area contributed by atoms with Crippen molar-refractivity contribution in [1.29, 1.82) is 0 Å². The molecule has 2 aliphatic carbocycles. The van der Waals surface area contributed by atoms with Gasteiger partial charge in [-0.2, -0.15) is 0 Å². The number of ketones is 1. The zero-order valence-corrected chi connectivity index (χ0v) is 23.2. The van der Waals surface area contributed by atoms with E-state index in [4.69, 9.17) is 4.74 Å². The topological polar surface area (TPSA) is 131 Å². The van der Waals surface area contributed by atoms with Gasteiger partial charge in [0.25, 0.3) is 5.78 Å². The molecule has 3 aliphatic rings. The lowest BCUT2D eigenvalue weighted by atomic mass is 9.83. The maximum absolute atomic E-state index is 14.0. The van der Waals surface area contributed by atoms with Crippen LogP contribution in [0.25, 0.3) is 0 Å². The molecule has 0 spiro atoms. The van der Waals surface area contributed by atoms with Crippen LogP contribution in [0.5, 0.6) is 0 Å². The van der Waals surface area contributed by atoms with Crippen LogP contribution < -0.4 is 10.6 Å². The first kappa shape index (κ1) is 28.9. The standard InChI is InChI=1S/C27H43N3O7/c1-8-17(21(31)24(34)36-7)28-22(32)20-18-16(27(18,5)6)14-30(20)23(33)19(15-12-10-9-11-13-15)29-25(35)37-26(2,3)4/h15-20H,8-14H2,1-7H3,(H,28,32)(H,29,35)/t16-,17?,18-,19?,20-/m0/s1. The van der Waals surface area contributed by atoms with Gasteiger partial charge in [-0.25, -0.2) is 9.59 Å². The molecule has 0 bridgehead atoms. The lowest BCUT2D eigenvalue weighted by Gasteiger charge is -2.37. The fourth-order valence-corrected chi connectivity index (χ4v) is 6.13. The predicted octanol–water partition coefficient (Wildman–Crippen LogP) is 2.58. The van der Waals surface area contributed by atoms with Gasteiger partial charge in [0.05, 0.1) is 13.2 Å². The quantitative estimate of drug-likeness (QED) is 0.371. The van der Waals surface area contributed by atoms with Gasteiger partial charge in [-0.1, -0.05) is 40.0 Å². The van der Waals surface area contributed by atoms with Gasteiger partial charge in [-0.05, 0) is 63.2 Å². The minimum absolute atomic E-state index is 0.0493. The smallest absolute Gasteiger partial charge is 0.408 e. The summed E-state index contributed by atoms with van der Waals surface area (Å²) in [5.41, 5.74) is -0.848. The number of Topliss-reactive ketones (excluding diaryl/α,β-unsaturated/α-hetero) is 1. The lowest BCUT2D eigenvalue weighted by molar-refractivity contribution is -0.153. The number of alkyl carbamates (subject to hydrolysis) is 1. The van der Waals surface area contributed by atoms with E-state index in [0.717, 1.165) is 39.2 Å². The molecule has 3 fully saturated rings. The number of hydrogen-bond donors (Lipinski definition) is 2. The van der Waals surface area contributed by atoms with E-state index in [1.807, 2.05) is 0 Å². The molecule has 0 aromatic rings. The Bertz CT molecular complexity index is 919. The Morgan fingerprint density at radius 2 is 1.65 bits per heavy atom. The van der Waals surface area contributed by atoms with Gasteiger partial charge in [0.15, 0.2) is 0 Å². The first-order chi connectivity index (χ1) is 17.2. The fraction of sp³-hybridized carbons (Fsp3) is 0.815. The monoisotopic (exact) mass is 521 g/mol. The van der Waals surface area contributed by atoms with Crippen LogP contribution in [0.3, 0.4) is 0 Å². The summed E-state index contributed by atoms with van der Waals surface area (Å²) in [6, 6.07) is -2.63. The van der Waals surface area contributed by atoms with Gasteiger partial charge in [-0.3, -0.25) is 14.4 Å². The number of fused-ring (bicyclic) bond motifs is 1. The largest absolute Gasteiger partial charge is 0.463 e. The highest BCUT2D eigenvalue weighted by molar-refractivity contribution is 6.36. The summed E-state index contributed by atoms with van der Waals surface area (Å²) in [5, 5.41) is 5.52. The van der Waals surface area contributed by atoms with Gasteiger partial charge in [-0.15, -0.1) is 0 Å². The molecular formula is C27H43N3O7. The van der Waals surface area contributed by atoms with E-state index < -0.39 is 47.5 Å². The molecule has 5 atom stereocenters. The van der Waals surface area contributed by atoms with Crippen molar-refractivity contribution in [2.45, 2.75) is 104 Å². The van der Waals surface area contributed by atoms with Crippen molar-refractivity contribution < 1.29 is 33.4 Å². The number of likely N-dealkylation sites (tertiary alicyclic amines) is 1. The van der Waals surface area contributed by atoms with E-state index in [1.165, 1.54) is 0 Å². The molecule has 1 heterocycles. The lowest BCUT2D eigenvalue weighted by Crippen LogP contribution is -2.59. The normalized spacial score (nSPS) is 26.4. The van der Waals surface area contributed by atoms with E-state index in [1.54, 1.807) is 32.6 Å². The molecule has 2 unspecified atom stereocenters. The van der Waals surface area contributed by atoms with Gasteiger partial charge in [0.1, 0.15) is 17.7 Å². The molecule has 0 radical (unpaired) electrons. The Morgan fingerprint density at radius 1 is 1.03 bits per heavy atom. The van der Waals surface area contributed by atoms with Crippen molar-refractivity contribution in [1.82, 2.24) is 15.5 Å². The number of amides is 3. The molecule has 3 rings (SSSR count). The second-order valence-electron chi connectivity index (χ2n) is 12.2. The van der Waals surface area contributed by atoms with Crippen LogP contribution in [0.4, 0.5) is 4.79 Å². The van der Waals surface area contributed by atoms with Crippen molar-refractivity contribution in [3.63, 3.8) is 0 Å². The molecule has 2 saturated carbocycles. The summed E-state index contributed by atoms with van der Waals surface area (Å²) < 4.78 is 9.99. The van der Waals surface area contributed by atoms with E-state index >= 15 is 0 Å². The highest BCUT2D eigenvalue weighted by Gasteiger charge is 2.69. The van der Waals surface area contributed by atoms with E-state index in [-0.39, 0.29) is 35.5 Å². The summed E-state index contributed by atoms with van der Waals surface area (Å²) in [6.45, 7) is 11.5. The zero-order chi connectivity index (χ0) is 27.7. The maximum atomic E-state index is 14.0. The molecule has 37 heavy (non-hydrogen) atoms. The molecule has 0 aromatic carbocycles. The van der Waals surface area contributed by atoms with Crippen molar-refractivity contribution in [2.75, 3.05) is 13.7 Å². The van der Waals surface area contributed by atoms with Crippen molar-refractivity contribution in [3.8, 4) is 0 Å². The summed E-state index contributed by atoms with van der Waals surface area (Å²) in [4.78, 5) is 66.1. The van der Waals surface area contributed by atoms with Crippen LogP contribution >= 0.6 is 0 Å². The second kappa shape index (κ2) is 11.0. The first-order valence-corrected chi connectivity index (χ1v) is 13.5. The average molecular weight is 522 g/mol. The average Bonchev–Trinajstić information content (AvgIpc) is 3.17. The van der Waals surface area contributed by atoms with Gasteiger partial charge < -0.3 is 25.0 Å². The number of nitrogens with zero attached hydrogens (tertiary/aromatic N) is 1. The summed E-state index contributed by atoms with van der Waals surface area (Å²) in [6.07, 6.45) is 4.20. The van der Waals surface area contributed by atoms with Crippen LogP contribution in [0.15, 0.2) is 0 Å². The Morgan fingerprint density at radius 3 is 2.19 bits per heavy atom. The second-order valence-corrected chi connectivity index (χ2v) is 12.2. The summed E-state index contributed by atoms with van der Waals surface area (Å²) in [5.74, 6) is -2.59. The zero-order valence-electron chi connectivity index (χ0n) is 23.2. The number of esters is 1. The minimum Gasteiger partial charge on any atom is -0.463 e. The Kier molecular flexibility index (Phi) is 8.59. The van der Waals surface area contributed by atoms with Crippen molar-refractivity contribution >= 4 is 29.7 Å². The van der Waals surface area contributed by atoms with Gasteiger partial charge in [0, 0.05) is 6.54 Å². The molecule has 0 aromatic heterocycles. The highest BCUT2D eigenvalue weighted by atomic mass is 16.6. The van der Waals surface area contributed by atoms with Crippen LogP contribution in [-0.4, -0.2) is 71.9 Å². The summed E-state index contributed by atoms with van der Waals surface area (Å²) >= 11 is 0. The number of methoxy groups -OCH3 is 1. The van der Waals surface area contributed by atoms with E-state index in [9.17, 15) is 24.0 Å². The van der Waals surface area contributed by atoms with E-state index in [2.05, 4.69) is 29.2 Å².